The minimum atomic E-state index is -4.16. The molecule has 1 aliphatic rings. The lowest BCUT2D eigenvalue weighted by Gasteiger charge is -2.43. The molecule has 0 radical (unpaired) electrons. The van der Waals surface area contributed by atoms with Gasteiger partial charge in [-0.05, 0) is 91.6 Å². The van der Waals surface area contributed by atoms with Gasteiger partial charge in [-0.25, -0.2) is 30.8 Å². The van der Waals surface area contributed by atoms with Crippen LogP contribution >= 0.6 is 0 Å². The number of hydrogen-bond donors (Lipinski definition) is 3. The topological polar surface area (TPSA) is 142 Å². The number of nitrogens with one attached hydrogen (secondary N) is 1. The highest BCUT2D eigenvalue weighted by Crippen LogP contribution is 2.32. The molecule has 4 aromatic rings. The van der Waals surface area contributed by atoms with Crippen LogP contribution < -0.4 is 15.8 Å². The molecule has 51 heavy (non-hydrogen) atoms. The Morgan fingerprint density at radius 1 is 0.922 bits per heavy atom. The normalized spacial score (nSPS) is 17.8. The van der Waals surface area contributed by atoms with Crippen molar-refractivity contribution >= 4 is 27.7 Å². The molecule has 1 saturated heterocycles. The van der Waals surface area contributed by atoms with Crippen LogP contribution in [0.1, 0.15) is 36.0 Å². The number of piperazine rings is 1. The molecular formula is C36H36F4N4O6S. The van der Waals surface area contributed by atoms with Crippen molar-refractivity contribution < 1.29 is 45.4 Å². The summed E-state index contributed by atoms with van der Waals surface area (Å²) in [5.74, 6) is -4.71. The van der Waals surface area contributed by atoms with Crippen LogP contribution in [-0.4, -0.2) is 73.1 Å². The minimum Gasteiger partial charge on any atom is -0.497 e. The third-order valence-corrected chi connectivity index (χ3v) is 10.9. The average Bonchev–Trinajstić information content (AvgIpc) is 3.08. The molecule has 1 fully saturated rings. The van der Waals surface area contributed by atoms with Gasteiger partial charge in [-0.15, -0.1) is 0 Å². The lowest BCUT2D eigenvalue weighted by atomic mass is 9.84. The van der Waals surface area contributed by atoms with Crippen LogP contribution in [0.25, 0.3) is 0 Å². The monoisotopic (exact) mass is 728 g/mol. The number of methoxy groups -OCH3 is 1. The molecule has 0 spiro atoms. The lowest BCUT2D eigenvalue weighted by Crippen LogP contribution is -2.60. The third kappa shape index (κ3) is 8.32. The molecule has 4 atom stereocenters. The second kappa shape index (κ2) is 15.5. The highest BCUT2D eigenvalue weighted by Gasteiger charge is 2.42. The number of carbonyl (C=O) groups is 2. The minimum absolute atomic E-state index is 0.00207. The molecule has 0 bridgehead atoms. The van der Waals surface area contributed by atoms with Crippen LogP contribution in [0.2, 0.25) is 0 Å². The summed E-state index contributed by atoms with van der Waals surface area (Å²) >= 11 is 0. The predicted molar refractivity (Wildman–Crippen MR) is 181 cm³/mol. The second-order valence-electron chi connectivity index (χ2n) is 12.3. The van der Waals surface area contributed by atoms with Crippen molar-refractivity contribution in [1.29, 1.82) is 0 Å². The standard InChI is InChI=1S/C36H36F4N4O6S/c1-21-19-43(36(46)47)20-27(44(21)51(48,49)29-13-11-28(50-2)12-14-29)10-15-30-31(40)4-3-5-32(30)42-35(45)34(41)33(22-6-8-24(37)9-7-22)23-16-25(38)18-26(39)17-23/h3-9,11-14,16-18,21,27,33-34H,10,15,19-20,41H2,1-2H3,(H,42,45)(H,46,47)/t21?,27?,33-,34-/m0/s1. The van der Waals surface area contributed by atoms with Crippen LogP contribution in [-0.2, 0) is 21.2 Å². The van der Waals surface area contributed by atoms with Crippen molar-refractivity contribution in [3.63, 3.8) is 0 Å². The number of halogens is 4. The van der Waals surface area contributed by atoms with E-state index in [1.807, 2.05) is 0 Å². The van der Waals surface area contributed by atoms with Crippen LogP contribution in [0, 0.1) is 23.3 Å². The highest BCUT2D eigenvalue weighted by atomic mass is 32.2. The summed E-state index contributed by atoms with van der Waals surface area (Å²) in [7, 11) is -2.72. The van der Waals surface area contributed by atoms with E-state index in [1.165, 1.54) is 59.9 Å². The van der Waals surface area contributed by atoms with Crippen LogP contribution in [0.4, 0.5) is 28.0 Å². The SMILES string of the molecule is COc1ccc(S(=O)(=O)N2C(C)CN(C(=O)O)CC2CCc2c(F)cccc2NC(=O)[C@@H](N)[C@@H](c2ccc(F)cc2)c2cc(F)cc(F)c2)cc1. The van der Waals surface area contributed by atoms with Crippen molar-refractivity contribution in [3.8, 4) is 5.75 Å². The van der Waals surface area contributed by atoms with E-state index in [0.29, 0.717) is 11.8 Å². The summed E-state index contributed by atoms with van der Waals surface area (Å²) < 4.78 is 92.0. The molecule has 4 aromatic carbocycles. The zero-order valence-corrected chi connectivity index (χ0v) is 28.4. The zero-order chi connectivity index (χ0) is 37.0. The first kappa shape index (κ1) is 37.3. The number of nitrogens with zero attached hydrogens (tertiary/aromatic N) is 2. The molecular weight excluding hydrogens is 692 g/mol. The average molecular weight is 729 g/mol. The number of carbonyl (C=O) groups excluding carboxylic acids is 1. The Bertz CT molecular complexity index is 1980. The molecule has 0 saturated carbocycles. The Labute approximate surface area is 292 Å². The summed E-state index contributed by atoms with van der Waals surface area (Å²) in [6.45, 7) is 1.30. The fraction of sp³-hybridized carbons (Fsp3) is 0.278. The smallest absolute Gasteiger partial charge is 0.407 e. The van der Waals surface area contributed by atoms with E-state index in [-0.39, 0.29) is 53.2 Å². The molecule has 0 aromatic heterocycles. The quantitative estimate of drug-likeness (QED) is 0.168. The van der Waals surface area contributed by atoms with Gasteiger partial charge in [0, 0.05) is 48.4 Å². The van der Waals surface area contributed by atoms with Gasteiger partial charge in [0.05, 0.1) is 18.0 Å². The first-order valence-electron chi connectivity index (χ1n) is 15.9. The number of amides is 2. The Morgan fingerprint density at radius 2 is 1.57 bits per heavy atom. The molecule has 270 valence electrons. The van der Waals surface area contributed by atoms with Gasteiger partial charge in [-0.2, -0.15) is 4.31 Å². The van der Waals surface area contributed by atoms with E-state index in [2.05, 4.69) is 5.32 Å². The molecule has 2 unspecified atom stereocenters. The van der Waals surface area contributed by atoms with Gasteiger partial charge >= 0.3 is 6.09 Å². The van der Waals surface area contributed by atoms with Crippen LogP contribution in [0.15, 0.2) is 89.8 Å². The van der Waals surface area contributed by atoms with Gasteiger partial charge in [-0.3, -0.25) is 4.79 Å². The van der Waals surface area contributed by atoms with E-state index in [9.17, 15) is 36.3 Å². The number of benzene rings is 4. The molecule has 1 heterocycles. The van der Waals surface area contributed by atoms with Gasteiger partial charge in [0.15, 0.2) is 0 Å². The van der Waals surface area contributed by atoms with E-state index < -0.39 is 69.3 Å². The maximum absolute atomic E-state index is 15.5. The molecule has 2 amide bonds. The molecule has 5 rings (SSSR count). The predicted octanol–water partition coefficient (Wildman–Crippen LogP) is 5.72. The van der Waals surface area contributed by atoms with Gasteiger partial charge in [0.25, 0.3) is 0 Å². The maximum Gasteiger partial charge on any atom is 0.407 e. The maximum atomic E-state index is 15.5. The van der Waals surface area contributed by atoms with E-state index in [0.717, 1.165) is 35.2 Å². The number of nitrogens with two attached hydrogens (primary N) is 1. The van der Waals surface area contributed by atoms with E-state index in [1.54, 1.807) is 6.92 Å². The van der Waals surface area contributed by atoms with Crippen LogP contribution in [0.3, 0.4) is 0 Å². The number of hydrogen-bond acceptors (Lipinski definition) is 6. The summed E-state index contributed by atoms with van der Waals surface area (Å²) in [5.41, 5.74) is 6.70. The Hall–Kier alpha value is -4.99. The number of rotatable bonds is 11. The second-order valence-corrected chi connectivity index (χ2v) is 14.1. The number of ether oxygens (including phenoxy) is 1. The molecule has 4 N–H and O–H groups in total. The van der Waals surface area contributed by atoms with Crippen molar-refractivity contribution in [1.82, 2.24) is 9.21 Å². The summed E-state index contributed by atoms with van der Waals surface area (Å²) in [5, 5.41) is 12.4. The lowest BCUT2D eigenvalue weighted by molar-refractivity contribution is -0.117. The molecule has 10 nitrogen and oxygen atoms in total. The Balaban J connectivity index is 1.43. The first-order valence-corrected chi connectivity index (χ1v) is 17.3. The zero-order valence-electron chi connectivity index (χ0n) is 27.6. The number of carboxylic acid groups (broad SMARTS) is 1. The van der Waals surface area contributed by atoms with Gasteiger partial charge < -0.3 is 25.8 Å². The van der Waals surface area contributed by atoms with Gasteiger partial charge in [0.1, 0.15) is 29.0 Å². The van der Waals surface area contributed by atoms with Gasteiger partial charge in [-0.1, -0.05) is 18.2 Å². The van der Waals surface area contributed by atoms with Crippen LogP contribution in [0.5, 0.6) is 5.75 Å². The summed E-state index contributed by atoms with van der Waals surface area (Å²) in [6.07, 6.45) is -1.41. The fourth-order valence-corrected chi connectivity index (χ4v) is 8.31. The fourth-order valence-electron chi connectivity index (χ4n) is 6.49. The van der Waals surface area contributed by atoms with Gasteiger partial charge in [0.2, 0.25) is 15.9 Å². The number of sulfonamides is 1. The number of anilines is 1. The van der Waals surface area contributed by atoms with Crippen molar-refractivity contribution in [3.05, 3.63) is 125 Å². The van der Waals surface area contributed by atoms with E-state index >= 15 is 4.39 Å². The van der Waals surface area contributed by atoms with Crippen molar-refractivity contribution in [2.45, 2.75) is 48.7 Å². The summed E-state index contributed by atoms with van der Waals surface area (Å²) in [6, 6.07) is 14.0. The third-order valence-electron chi connectivity index (χ3n) is 8.85. The van der Waals surface area contributed by atoms with E-state index in [4.69, 9.17) is 10.5 Å². The Morgan fingerprint density at radius 3 is 2.18 bits per heavy atom. The first-order chi connectivity index (χ1) is 24.2. The van der Waals surface area contributed by atoms with Crippen molar-refractivity contribution in [2.75, 3.05) is 25.5 Å². The molecule has 0 aliphatic carbocycles. The largest absolute Gasteiger partial charge is 0.497 e. The molecule has 15 heteroatoms. The Kier molecular flexibility index (Phi) is 11.3. The molecule has 1 aliphatic heterocycles. The summed E-state index contributed by atoms with van der Waals surface area (Å²) in [4.78, 5) is 26.7. The van der Waals surface area contributed by atoms with Crippen molar-refractivity contribution in [2.24, 2.45) is 5.73 Å². The highest BCUT2D eigenvalue weighted by molar-refractivity contribution is 7.89.